The number of likely N-dealkylation sites (N-methyl/N-ethyl adjacent to an activating group) is 1. The van der Waals surface area contributed by atoms with Gasteiger partial charge in [0, 0.05) is 12.7 Å². The molecule has 0 fully saturated rings. The lowest BCUT2D eigenvalue weighted by molar-refractivity contribution is -0.116. The molecule has 2 rings (SSSR count). The maximum absolute atomic E-state index is 12.4. The number of sulfonamides is 1. The fraction of sp³-hybridized carbons (Fsp3) is 0.278. The molecular formula is C18H22N2O3S. The van der Waals surface area contributed by atoms with Gasteiger partial charge in [0.2, 0.25) is 15.9 Å². The Kier molecular flexibility index (Phi) is 5.41. The van der Waals surface area contributed by atoms with Gasteiger partial charge in [0.05, 0.1) is 11.4 Å². The maximum Gasteiger partial charge on any atom is 0.243 e. The Morgan fingerprint density at radius 2 is 1.58 bits per heavy atom. The van der Waals surface area contributed by atoms with Gasteiger partial charge in [-0.15, -0.1) is 0 Å². The van der Waals surface area contributed by atoms with Crippen LogP contribution in [0.2, 0.25) is 0 Å². The maximum atomic E-state index is 12.4. The number of rotatable bonds is 5. The summed E-state index contributed by atoms with van der Waals surface area (Å²) in [7, 11) is -2.28. The highest BCUT2D eigenvalue weighted by Gasteiger charge is 2.23. The Balaban J connectivity index is 2.13. The van der Waals surface area contributed by atoms with E-state index in [0.717, 1.165) is 26.7 Å². The number of hydrogen-bond acceptors (Lipinski definition) is 3. The summed E-state index contributed by atoms with van der Waals surface area (Å²) >= 11 is 0. The summed E-state index contributed by atoms with van der Waals surface area (Å²) in [5, 5.41) is 2.82. The largest absolute Gasteiger partial charge is 0.324 e. The molecule has 0 saturated carbocycles. The van der Waals surface area contributed by atoms with E-state index in [1.807, 2.05) is 32.9 Å². The van der Waals surface area contributed by atoms with Crippen molar-refractivity contribution in [3.8, 4) is 0 Å². The zero-order chi connectivity index (χ0) is 17.9. The van der Waals surface area contributed by atoms with Crippen LogP contribution in [0.4, 0.5) is 5.69 Å². The molecule has 1 amide bonds. The molecule has 24 heavy (non-hydrogen) atoms. The average Bonchev–Trinajstić information content (AvgIpc) is 2.51. The highest BCUT2D eigenvalue weighted by atomic mass is 32.2. The van der Waals surface area contributed by atoms with Crippen molar-refractivity contribution in [3.05, 3.63) is 59.2 Å². The van der Waals surface area contributed by atoms with E-state index in [2.05, 4.69) is 5.32 Å². The van der Waals surface area contributed by atoms with Crippen molar-refractivity contribution in [2.24, 2.45) is 0 Å². The Morgan fingerprint density at radius 1 is 1.04 bits per heavy atom. The molecule has 0 bridgehead atoms. The zero-order valence-corrected chi connectivity index (χ0v) is 15.1. The molecule has 6 heteroatoms. The molecular weight excluding hydrogens is 324 g/mol. The smallest absolute Gasteiger partial charge is 0.243 e. The number of amides is 1. The number of anilines is 1. The van der Waals surface area contributed by atoms with Crippen LogP contribution in [0.1, 0.15) is 16.7 Å². The van der Waals surface area contributed by atoms with Gasteiger partial charge in [-0.05, 0) is 44.0 Å². The molecule has 0 aromatic heterocycles. The van der Waals surface area contributed by atoms with Crippen molar-refractivity contribution < 1.29 is 13.2 Å². The lowest BCUT2D eigenvalue weighted by atomic mass is 10.1. The van der Waals surface area contributed by atoms with E-state index in [1.165, 1.54) is 19.2 Å². The van der Waals surface area contributed by atoms with E-state index in [4.69, 9.17) is 0 Å². The Bertz CT molecular complexity index is 823. The molecule has 128 valence electrons. The number of aryl methyl sites for hydroxylation is 3. The molecule has 0 heterocycles. The quantitative estimate of drug-likeness (QED) is 0.905. The summed E-state index contributed by atoms with van der Waals surface area (Å²) in [5.74, 6) is -0.368. The van der Waals surface area contributed by atoms with Gasteiger partial charge in [-0.3, -0.25) is 4.79 Å². The van der Waals surface area contributed by atoms with Gasteiger partial charge in [0.25, 0.3) is 0 Å². The fourth-order valence-corrected chi connectivity index (χ4v) is 3.76. The van der Waals surface area contributed by atoms with Crippen LogP contribution in [0.5, 0.6) is 0 Å². The molecule has 2 aromatic carbocycles. The molecule has 1 N–H and O–H groups in total. The Hall–Kier alpha value is -2.18. The molecule has 0 aliphatic rings. The number of benzene rings is 2. The first-order valence-corrected chi connectivity index (χ1v) is 9.05. The van der Waals surface area contributed by atoms with Crippen LogP contribution in [-0.4, -0.2) is 32.2 Å². The molecule has 0 radical (unpaired) electrons. The summed E-state index contributed by atoms with van der Waals surface area (Å²) < 4.78 is 25.9. The third kappa shape index (κ3) is 4.01. The van der Waals surface area contributed by atoms with Gasteiger partial charge in [0.1, 0.15) is 0 Å². The topological polar surface area (TPSA) is 66.5 Å². The third-order valence-corrected chi connectivity index (χ3v) is 5.58. The van der Waals surface area contributed by atoms with Crippen LogP contribution in [0.15, 0.2) is 47.4 Å². The molecule has 0 unspecified atom stereocenters. The van der Waals surface area contributed by atoms with E-state index in [-0.39, 0.29) is 17.3 Å². The van der Waals surface area contributed by atoms with Gasteiger partial charge in [0.15, 0.2) is 0 Å². The van der Waals surface area contributed by atoms with Gasteiger partial charge >= 0.3 is 0 Å². The van der Waals surface area contributed by atoms with Crippen LogP contribution in [0.3, 0.4) is 0 Å². The molecule has 0 aliphatic carbocycles. The van der Waals surface area contributed by atoms with E-state index >= 15 is 0 Å². The minimum absolute atomic E-state index is 0.169. The van der Waals surface area contributed by atoms with Crippen molar-refractivity contribution in [3.63, 3.8) is 0 Å². The van der Waals surface area contributed by atoms with Gasteiger partial charge in [-0.2, -0.15) is 4.31 Å². The fourth-order valence-electron chi connectivity index (χ4n) is 2.62. The van der Waals surface area contributed by atoms with Crippen molar-refractivity contribution in [1.29, 1.82) is 0 Å². The number of carbonyl (C=O) groups is 1. The number of carbonyl (C=O) groups excluding carboxylic acids is 1. The predicted octanol–water partition coefficient (Wildman–Crippen LogP) is 2.87. The number of nitrogens with zero attached hydrogens (tertiary/aromatic N) is 1. The molecule has 0 aliphatic heterocycles. The highest BCUT2D eigenvalue weighted by molar-refractivity contribution is 7.89. The monoisotopic (exact) mass is 346 g/mol. The first kappa shape index (κ1) is 18.2. The van der Waals surface area contributed by atoms with Gasteiger partial charge < -0.3 is 5.32 Å². The number of nitrogens with one attached hydrogen (secondary N) is 1. The summed E-state index contributed by atoms with van der Waals surface area (Å²) in [6.45, 7) is 5.58. The minimum Gasteiger partial charge on any atom is -0.324 e. The predicted molar refractivity (Wildman–Crippen MR) is 95.5 cm³/mol. The Morgan fingerprint density at radius 3 is 2.12 bits per heavy atom. The first-order chi connectivity index (χ1) is 11.2. The summed E-state index contributed by atoms with van der Waals surface area (Å²) in [6.07, 6.45) is 0. The van der Waals surface area contributed by atoms with Crippen LogP contribution in [-0.2, 0) is 14.8 Å². The minimum atomic E-state index is -3.68. The van der Waals surface area contributed by atoms with Crippen LogP contribution >= 0.6 is 0 Å². The van der Waals surface area contributed by atoms with Crippen LogP contribution in [0.25, 0.3) is 0 Å². The highest BCUT2D eigenvalue weighted by Crippen LogP contribution is 2.22. The van der Waals surface area contributed by atoms with E-state index in [9.17, 15) is 13.2 Å². The summed E-state index contributed by atoms with van der Waals surface area (Å²) in [4.78, 5) is 12.4. The second-order valence-electron chi connectivity index (χ2n) is 5.90. The van der Waals surface area contributed by atoms with E-state index in [1.54, 1.807) is 18.2 Å². The molecule has 5 nitrogen and oxygen atoms in total. The molecule has 0 saturated heterocycles. The Labute approximate surface area is 143 Å². The van der Waals surface area contributed by atoms with Gasteiger partial charge in [-0.1, -0.05) is 35.9 Å². The lowest BCUT2D eigenvalue weighted by Gasteiger charge is -2.18. The van der Waals surface area contributed by atoms with Crippen molar-refractivity contribution in [2.75, 3.05) is 18.9 Å². The van der Waals surface area contributed by atoms with Crippen molar-refractivity contribution in [1.82, 2.24) is 4.31 Å². The van der Waals surface area contributed by atoms with Gasteiger partial charge in [-0.25, -0.2) is 8.42 Å². The van der Waals surface area contributed by atoms with Crippen molar-refractivity contribution in [2.45, 2.75) is 25.7 Å². The van der Waals surface area contributed by atoms with Crippen LogP contribution < -0.4 is 5.32 Å². The SMILES string of the molecule is Cc1cc(C)c(NC(=O)CN(C)S(=O)(=O)c2ccccc2)c(C)c1. The summed E-state index contributed by atoms with van der Waals surface area (Å²) in [6, 6.07) is 12.0. The molecule has 2 aromatic rings. The van der Waals surface area contributed by atoms with Crippen LogP contribution in [0, 0.1) is 20.8 Å². The molecule has 0 spiro atoms. The zero-order valence-electron chi connectivity index (χ0n) is 14.3. The standard InChI is InChI=1S/C18H22N2O3S/c1-13-10-14(2)18(15(3)11-13)19-17(21)12-20(4)24(22,23)16-8-6-5-7-9-16/h5-11H,12H2,1-4H3,(H,19,21). The van der Waals surface area contributed by atoms with E-state index in [0.29, 0.717) is 0 Å². The number of hydrogen-bond donors (Lipinski definition) is 1. The third-order valence-electron chi connectivity index (χ3n) is 3.76. The molecule has 0 atom stereocenters. The first-order valence-electron chi connectivity index (χ1n) is 7.61. The normalized spacial score (nSPS) is 11.5. The van der Waals surface area contributed by atoms with Crippen molar-refractivity contribution >= 4 is 21.6 Å². The lowest BCUT2D eigenvalue weighted by Crippen LogP contribution is -2.35. The summed E-state index contributed by atoms with van der Waals surface area (Å²) in [5.41, 5.74) is 3.76. The second-order valence-corrected chi connectivity index (χ2v) is 7.94. The van der Waals surface area contributed by atoms with E-state index < -0.39 is 10.0 Å². The second kappa shape index (κ2) is 7.15. The average molecular weight is 346 g/mol.